The quantitative estimate of drug-likeness (QED) is 0.832. The van der Waals surface area contributed by atoms with E-state index in [0.717, 1.165) is 12.8 Å². The maximum absolute atomic E-state index is 12.1. The average molecular weight is 282 g/mol. The number of carboxylic acid groups (broad SMARTS) is 1. The predicted octanol–water partition coefficient (Wildman–Crippen LogP) is 2.46. The number of carbonyl (C=O) groups excluding carboxylic acids is 1. The van der Waals surface area contributed by atoms with Crippen LogP contribution in [0.25, 0.3) is 0 Å². The molecule has 114 valence electrons. The summed E-state index contributed by atoms with van der Waals surface area (Å²) in [6.07, 6.45) is 3.74. The zero-order valence-electron chi connectivity index (χ0n) is 12.7. The number of nitrogens with one attached hydrogen (secondary N) is 1. The summed E-state index contributed by atoms with van der Waals surface area (Å²) in [5.74, 6) is -0.706. The molecule has 0 aromatic heterocycles. The van der Waals surface area contributed by atoms with Crippen molar-refractivity contribution in [1.82, 2.24) is 10.2 Å². The van der Waals surface area contributed by atoms with Crippen LogP contribution in [0.4, 0.5) is 4.79 Å². The number of hydrogen-bond donors (Lipinski definition) is 2. The third-order valence-corrected chi connectivity index (χ3v) is 5.00. The van der Waals surface area contributed by atoms with Gasteiger partial charge in [0.1, 0.15) is 0 Å². The molecule has 2 rings (SSSR count). The second-order valence-corrected chi connectivity index (χ2v) is 7.02. The lowest BCUT2D eigenvalue weighted by molar-refractivity contribution is -0.152. The summed E-state index contributed by atoms with van der Waals surface area (Å²) in [4.78, 5) is 25.4. The minimum atomic E-state index is -0.706. The van der Waals surface area contributed by atoms with Crippen molar-refractivity contribution in [2.24, 2.45) is 10.8 Å². The number of likely N-dealkylation sites (tertiary alicyclic amines) is 1. The molecule has 1 saturated heterocycles. The molecule has 1 aliphatic heterocycles. The number of amides is 2. The highest BCUT2D eigenvalue weighted by Crippen LogP contribution is 2.44. The normalized spacial score (nSPS) is 26.9. The van der Waals surface area contributed by atoms with Crippen LogP contribution in [0.3, 0.4) is 0 Å². The first-order valence-corrected chi connectivity index (χ1v) is 7.59. The lowest BCUT2D eigenvalue weighted by Crippen LogP contribution is -2.50. The fraction of sp³-hybridized carbons (Fsp3) is 0.867. The molecule has 2 aliphatic rings. The van der Waals surface area contributed by atoms with Crippen LogP contribution >= 0.6 is 0 Å². The van der Waals surface area contributed by atoms with E-state index in [0.29, 0.717) is 32.4 Å². The van der Waals surface area contributed by atoms with Gasteiger partial charge in [0.2, 0.25) is 0 Å². The molecule has 0 radical (unpaired) electrons. The molecular weight excluding hydrogens is 256 g/mol. The second-order valence-electron chi connectivity index (χ2n) is 7.02. The fourth-order valence-electron chi connectivity index (χ4n) is 3.14. The number of aliphatic carboxylic acids is 1. The third kappa shape index (κ3) is 2.91. The zero-order valence-corrected chi connectivity index (χ0v) is 12.7. The molecule has 0 aromatic rings. The maximum atomic E-state index is 12.1. The van der Waals surface area contributed by atoms with E-state index in [2.05, 4.69) is 19.2 Å². The molecule has 1 atom stereocenters. The standard InChI is InChI=1S/C15H26N2O3/c1-4-5-15(12(18)19)6-8-17(9-7-15)13(20)16-11-10-14(11,2)3/h11H,4-10H2,1-3H3,(H,16,20)(H,18,19). The summed E-state index contributed by atoms with van der Waals surface area (Å²) in [5, 5.41) is 12.5. The van der Waals surface area contributed by atoms with E-state index in [1.165, 1.54) is 0 Å². The minimum Gasteiger partial charge on any atom is -0.481 e. The Hall–Kier alpha value is -1.26. The van der Waals surface area contributed by atoms with Crippen LogP contribution in [0.2, 0.25) is 0 Å². The van der Waals surface area contributed by atoms with Gasteiger partial charge in [-0.2, -0.15) is 0 Å². The highest BCUT2D eigenvalue weighted by Gasteiger charge is 2.48. The summed E-state index contributed by atoms with van der Waals surface area (Å²) in [7, 11) is 0. The van der Waals surface area contributed by atoms with E-state index in [4.69, 9.17) is 0 Å². The number of rotatable bonds is 4. The van der Waals surface area contributed by atoms with E-state index >= 15 is 0 Å². The van der Waals surface area contributed by atoms with Gasteiger partial charge in [-0.05, 0) is 31.1 Å². The van der Waals surface area contributed by atoms with Gasteiger partial charge in [-0.1, -0.05) is 27.2 Å². The summed E-state index contributed by atoms with van der Waals surface area (Å²) < 4.78 is 0. The first-order valence-electron chi connectivity index (χ1n) is 7.59. The molecule has 0 bridgehead atoms. The smallest absolute Gasteiger partial charge is 0.317 e. The van der Waals surface area contributed by atoms with Crippen molar-refractivity contribution in [3.63, 3.8) is 0 Å². The Kier molecular flexibility index (Phi) is 3.98. The summed E-state index contributed by atoms with van der Waals surface area (Å²) in [5.41, 5.74) is -0.400. The molecule has 1 unspecified atom stereocenters. The monoisotopic (exact) mass is 282 g/mol. The summed E-state index contributed by atoms with van der Waals surface area (Å²) in [6.45, 7) is 7.39. The molecule has 2 amide bonds. The number of piperidine rings is 1. The van der Waals surface area contributed by atoms with Gasteiger partial charge in [0, 0.05) is 19.1 Å². The van der Waals surface area contributed by atoms with Crippen LogP contribution in [0.5, 0.6) is 0 Å². The van der Waals surface area contributed by atoms with E-state index in [9.17, 15) is 14.7 Å². The Balaban J connectivity index is 1.87. The number of carboxylic acids is 1. The van der Waals surface area contributed by atoms with Crippen molar-refractivity contribution in [2.45, 2.75) is 58.9 Å². The van der Waals surface area contributed by atoms with Gasteiger partial charge in [0.05, 0.1) is 5.41 Å². The molecular formula is C15H26N2O3. The van der Waals surface area contributed by atoms with Crippen LogP contribution in [-0.4, -0.2) is 41.1 Å². The van der Waals surface area contributed by atoms with Crippen molar-refractivity contribution < 1.29 is 14.7 Å². The van der Waals surface area contributed by atoms with Crippen molar-refractivity contribution in [2.75, 3.05) is 13.1 Å². The van der Waals surface area contributed by atoms with Crippen molar-refractivity contribution >= 4 is 12.0 Å². The molecule has 5 heteroatoms. The van der Waals surface area contributed by atoms with Crippen LogP contribution in [0.1, 0.15) is 52.9 Å². The Labute approximate surface area is 120 Å². The molecule has 1 aliphatic carbocycles. The molecule has 20 heavy (non-hydrogen) atoms. The first kappa shape index (κ1) is 15.1. The van der Waals surface area contributed by atoms with Gasteiger partial charge in [-0.15, -0.1) is 0 Å². The van der Waals surface area contributed by atoms with Gasteiger partial charge in [-0.3, -0.25) is 4.79 Å². The topological polar surface area (TPSA) is 69.6 Å². The highest BCUT2D eigenvalue weighted by atomic mass is 16.4. The van der Waals surface area contributed by atoms with Crippen molar-refractivity contribution in [1.29, 1.82) is 0 Å². The molecule has 5 nitrogen and oxygen atoms in total. The Bertz CT molecular complexity index is 398. The SMILES string of the molecule is CCCC1(C(=O)O)CCN(C(=O)NC2CC2(C)C)CC1. The van der Waals surface area contributed by atoms with E-state index in [1.807, 2.05) is 6.92 Å². The number of nitrogens with zero attached hydrogens (tertiary/aromatic N) is 1. The van der Waals surface area contributed by atoms with Crippen LogP contribution in [-0.2, 0) is 4.79 Å². The van der Waals surface area contributed by atoms with Gasteiger partial charge in [0.15, 0.2) is 0 Å². The molecule has 0 spiro atoms. The lowest BCUT2D eigenvalue weighted by atomic mass is 9.75. The number of hydrogen-bond acceptors (Lipinski definition) is 2. The van der Waals surface area contributed by atoms with Gasteiger partial charge in [-0.25, -0.2) is 4.79 Å². The maximum Gasteiger partial charge on any atom is 0.317 e. The fourth-order valence-corrected chi connectivity index (χ4v) is 3.14. The molecule has 2 N–H and O–H groups in total. The van der Waals surface area contributed by atoms with Crippen LogP contribution in [0, 0.1) is 10.8 Å². The van der Waals surface area contributed by atoms with E-state index in [-0.39, 0.29) is 17.5 Å². The van der Waals surface area contributed by atoms with Gasteiger partial charge in [0.25, 0.3) is 0 Å². The first-order chi connectivity index (χ1) is 9.31. The summed E-state index contributed by atoms with van der Waals surface area (Å²) >= 11 is 0. The van der Waals surface area contributed by atoms with Gasteiger partial charge >= 0.3 is 12.0 Å². The third-order valence-electron chi connectivity index (χ3n) is 5.00. The van der Waals surface area contributed by atoms with Gasteiger partial charge < -0.3 is 15.3 Å². The largest absolute Gasteiger partial charge is 0.481 e. The Morgan fingerprint density at radius 2 is 1.85 bits per heavy atom. The molecule has 2 fully saturated rings. The molecule has 1 saturated carbocycles. The minimum absolute atomic E-state index is 0.0314. The zero-order chi connectivity index (χ0) is 15.0. The Morgan fingerprint density at radius 3 is 2.25 bits per heavy atom. The van der Waals surface area contributed by atoms with E-state index < -0.39 is 11.4 Å². The van der Waals surface area contributed by atoms with Crippen LogP contribution < -0.4 is 5.32 Å². The number of carbonyl (C=O) groups is 2. The second kappa shape index (κ2) is 5.26. The van der Waals surface area contributed by atoms with Crippen molar-refractivity contribution in [3.05, 3.63) is 0 Å². The van der Waals surface area contributed by atoms with Crippen LogP contribution in [0.15, 0.2) is 0 Å². The summed E-state index contributed by atoms with van der Waals surface area (Å²) in [6, 6.07) is 0.243. The molecule has 1 heterocycles. The van der Waals surface area contributed by atoms with Crippen molar-refractivity contribution in [3.8, 4) is 0 Å². The predicted molar refractivity (Wildman–Crippen MR) is 76.5 cm³/mol. The number of urea groups is 1. The van der Waals surface area contributed by atoms with E-state index in [1.54, 1.807) is 4.90 Å². The lowest BCUT2D eigenvalue weighted by Gasteiger charge is -2.38. The highest BCUT2D eigenvalue weighted by molar-refractivity contribution is 5.77. The average Bonchev–Trinajstić information content (AvgIpc) is 2.97. The molecule has 0 aromatic carbocycles. The Morgan fingerprint density at radius 1 is 1.30 bits per heavy atom.